The van der Waals surface area contributed by atoms with E-state index in [1.807, 2.05) is 13.8 Å². The Balaban J connectivity index is 0.00000400. The lowest BCUT2D eigenvalue weighted by Crippen LogP contribution is -2.47. The number of carbonyl (C=O) groups excluding carboxylic acids is 2. The third kappa shape index (κ3) is 8.24. The molecule has 6 nitrogen and oxygen atoms in total. The van der Waals surface area contributed by atoms with Crippen molar-refractivity contribution in [2.45, 2.75) is 32.7 Å². The van der Waals surface area contributed by atoms with Crippen molar-refractivity contribution in [3.05, 3.63) is 0 Å². The Morgan fingerprint density at radius 3 is 2.52 bits per heavy atom. The second-order valence-corrected chi connectivity index (χ2v) is 5.82. The number of halogens is 1. The maximum absolute atomic E-state index is 11.8. The van der Waals surface area contributed by atoms with Crippen LogP contribution in [-0.4, -0.2) is 56.1 Å². The Hall–Kier alpha value is -0.850. The van der Waals surface area contributed by atoms with Crippen LogP contribution in [0.15, 0.2) is 0 Å². The molecule has 0 spiro atoms. The van der Waals surface area contributed by atoms with Gasteiger partial charge < -0.3 is 20.7 Å². The van der Waals surface area contributed by atoms with Crippen molar-refractivity contribution >= 4 is 24.2 Å². The molecule has 0 radical (unpaired) electrons. The third-order valence-corrected chi connectivity index (χ3v) is 3.48. The van der Waals surface area contributed by atoms with Crippen LogP contribution in [0.5, 0.6) is 0 Å². The molecule has 0 aromatic heterocycles. The Kier molecular flexibility index (Phi) is 9.57. The van der Waals surface area contributed by atoms with Crippen molar-refractivity contribution in [2.75, 3.05) is 33.4 Å². The van der Waals surface area contributed by atoms with E-state index in [1.165, 1.54) is 12.8 Å². The summed E-state index contributed by atoms with van der Waals surface area (Å²) in [5, 5.41) is 2.57. The van der Waals surface area contributed by atoms with E-state index in [1.54, 1.807) is 11.9 Å². The van der Waals surface area contributed by atoms with Crippen LogP contribution in [-0.2, 0) is 14.3 Å². The zero-order valence-electron chi connectivity index (χ0n) is 13.1. The van der Waals surface area contributed by atoms with Crippen molar-refractivity contribution < 1.29 is 14.3 Å². The largest absolute Gasteiger partial charge is 0.379 e. The van der Waals surface area contributed by atoms with Gasteiger partial charge in [-0.25, -0.2) is 0 Å². The molecule has 0 saturated heterocycles. The lowest BCUT2D eigenvalue weighted by Gasteiger charge is -2.19. The molecule has 124 valence electrons. The van der Waals surface area contributed by atoms with E-state index in [0.29, 0.717) is 13.2 Å². The standard InChI is InChI=1S/C14H27N3O3.ClH/c1-10(2)13(15)14(19)16-8-12(18)17(3)6-7-20-9-11-4-5-11;/h10-11,13H,4-9,15H2,1-3H3,(H,16,19);1H/t13-;/m0./s1. The minimum absolute atomic E-state index is 0. The second kappa shape index (κ2) is 9.97. The molecule has 1 saturated carbocycles. The Morgan fingerprint density at radius 1 is 1.38 bits per heavy atom. The van der Waals surface area contributed by atoms with Crippen LogP contribution in [0.25, 0.3) is 0 Å². The number of amides is 2. The Morgan fingerprint density at radius 2 is 2.00 bits per heavy atom. The van der Waals surface area contributed by atoms with E-state index < -0.39 is 6.04 Å². The van der Waals surface area contributed by atoms with Gasteiger partial charge in [-0.1, -0.05) is 13.8 Å². The van der Waals surface area contributed by atoms with Gasteiger partial charge in [0.25, 0.3) is 0 Å². The topological polar surface area (TPSA) is 84.7 Å². The summed E-state index contributed by atoms with van der Waals surface area (Å²) >= 11 is 0. The molecule has 1 aliphatic rings. The number of nitrogens with two attached hydrogens (primary N) is 1. The zero-order valence-corrected chi connectivity index (χ0v) is 13.9. The molecule has 0 heterocycles. The van der Waals surface area contributed by atoms with Gasteiger partial charge in [-0.05, 0) is 24.7 Å². The van der Waals surface area contributed by atoms with E-state index in [-0.39, 0.29) is 36.7 Å². The van der Waals surface area contributed by atoms with E-state index >= 15 is 0 Å². The summed E-state index contributed by atoms with van der Waals surface area (Å²) in [6.07, 6.45) is 2.52. The van der Waals surface area contributed by atoms with Gasteiger partial charge in [0.15, 0.2) is 0 Å². The van der Waals surface area contributed by atoms with Crippen molar-refractivity contribution in [1.29, 1.82) is 0 Å². The molecule has 7 heteroatoms. The normalized spacial score (nSPS) is 15.3. The van der Waals surface area contributed by atoms with Crippen molar-refractivity contribution in [3.63, 3.8) is 0 Å². The average molecular weight is 322 g/mol. The van der Waals surface area contributed by atoms with Crippen molar-refractivity contribution in [3.8, 4) is 0 Å². The molecule has 0 aromatic carbocycles. The number of ether oxygens (including phenoxy) is 1. The van der Waals surface area contributed by atoms with E-state index in [9.17, 15) is 9.59 Å². The van der Waals surface area contributed by atoms with Gasteiger partial charge in [0.2, 0.25) is 11.8 Å². The van der Waals surface area contributed by atoms with Gasteiger partial charge in [0, 0.05) is 20.2 Å². The summed E-state index contributed by atoms with van der Waals surface area (Å²) in [5.41, 5.74) is 5.70. The van der Waals surface area contributed by atoms with E-state index in [2.05, 4.69) is 5.32 Å². The molecule has 0 aromatic rings. The Bertz CT molecular complexity index is 335. The van der Waals surface area contributed by atoms with Gasteiger partial charge in [0.05, 0.1) is 19.2 Å². The minimum Gasteiger partial charge on any atom is -0.379 e. The van der Waals surface area contributed by atoms with Gasteiger partial charge >= 0.3 is 0 Å². The number of likely N-dealkylation sites (N-methyl/N-ethyl adjacent to an activating group) is 1. The average Bonchev–Trinajstić information content (AvgIpc) is 3.23. The summed E-state index contributed by atoms with van der Waals surface area (Å²) in [6.45, 7) is 5.60. The molecule has 0 aliphatic heterocycles. The van der Waals surface area contributed by atoms with Crippen LogP contribution in [0.1, 0.15) is 26.7 Å². The number of nitrogens with one attached hydrogen (secondary N) is 1. The quantitative estimate of drug-likeness (QED) is 0.602. The highest BCUT2D eigenvalue weighted by molar-refractivity contribution is 5.87. The number of hydrogen-bond donors (Lipinski definition) is 2. The molecule has 2 amide bonds. The van der Waals surface area contributed by atoms with Crippen LogP contribution in [0, 0.1) is 11.8 Å². The fourth-order valence-electron chi connectivity index (χ4n) is 1.58. The predicted octanol–water partition coefficient (Wildman–Crippen LogP) is 0.393. The summed E-state index contributed by atoms with van der Waals surface area (Å²) in [5.74, 6) is 0.363. The monoisotopic (exact) mass is 321 g/mol. The molecule has 0 bridgehead atoms. The molecule has 21 heavy (non-hydrogen) atoms. The fourth-order valence-corrected chi connectivity index (χ4v) is 1.58. The van der Waals surface area contributed by atoms with E-state index in [0.717, 1.165) is 12.5 Å². The third-order valence-electron chi connectivity index (χ3n) is 3.48. The highest BCUT2D eigenvalue weighted by atomic mass is 35.5. The molecule has 1 aliphatic carbocycles. The van der Waals surface area contributed by atoms with Crippen LogP contribution in [0.4, 0.5) is 0 Å². The molecular weight excluding hydrogens is 294 g/mol. The summed E-state index contributed by atoms with van der Waals surface area (Å²) in [7, 11) is 1.71. The van der Waals surface area contributed by atoms with Crippen LogP contribution < -0.4 is 11.1 Å². The minimum atomic E-state index is -0.574. The van der Waals surface area contributed by atoms with Gasteiger partial charge in [-0.2, -0.15) is 0 Å². The molecule has 1 fully saturated rings. The van der Waals surface area contributed by atoms with Crippen molar-refractivity contribution in [1.82, 2.24) is 10.2 Å². The SMILES string of the molecule is CC(C)[C@H](N)C(=O)NCC(=O)N(C)CCOCC1CC1.Cl. The van der Waals surface area contributed by atoms with Gasteiger partial charge in [-0.3, -0.25) is 9.59 Å². The summed E-state index contributed by atoms with van der Waals surface area (Å²) < 4.78 is 5.47. The maximum atomic E-state index is 11.8. The van der Waals surface area contributed by atoms with Gasteiger partial charge in [-0.15, -0.1) is 12.4 Å². The highest BCUT2D eigenvalue weighted by Gasteiger charge is 2.21. The predicted molar refractivity (Wildman–Crippen MR) is 84.3 cm³/mol. The fraction of sp³-hybridized carbons (Fsp3) is 0.857. The zero-order chi connectivity index (χ0) is 15.1. The molecule has 1 rings (SSSR count). The molecule has 3 N–H and O–H groups in total. The molecular formula is C14H28ClN3O3. The van der Waals surface area contributed by atoms with Gasteiger partial charge in [0.1, 0.15) is 0 Å². The molecule has 1 atom stereocenters. The maximum Gasteiger partial charge on any atom is 0.241 e. The lowest BCUT2D eigenvalue weighted by atomic mass is 10.1. The number of carbonyl (C=O) groups is 2. The number of hydrogen-bond acceptors (Lipinski definition) is 4. The number of nitrogens with zero attached hydrogens (tertiary/aromatic N) is 1. The Labute approximate surface area is 133 Å². The first kappa shape index (κ1) is 20.1. The van der Waals surface area contributed by atoms with E-state index in [4.69, 9.17) is 10.5 Å². The summed E-state index contributed by atoms with van der Waals surface area (Å²) in [6, 6.07) is -0.574. The van der Waals surface area contributed by atoms with Crippen LogP contribution >= 0.6 is 12.4 Å². The van der Waals surface area contributed by atoms with Crippen molar-refractivity contribution in [2.24, 2.45) is 17.6 Å². The summed E-state index contributed by atoms with van der Waals surface area (Å²) in [4.78, 5) is 25.0. The first-order valence-corrected chi connectivity index (χ1v) is 7.26. The van der Waals surface area contributed by atoms with Crippen LogP contribution in [0.2, 0.25) is 0 Å². The second-order valence-electron chi connectivity index (χ2n) is 5.82. The smallest absolute Gasteiger partial charge is 0.241 e. The lowest BCUT2D eigenvalue weighted by molar-refractivity contribution is -0.132. The van der Waals surface area contributed by atoms with Crippen LogP contribution in [0.3, 0.4) is 0 Å². The first-order valence-electron chi connectivity index (χ1n) is 7.26. The first-order chi connectivity index (χ1) is 9.41. The number of rotatable bonds is 9. The molecule has 0 unspecified atom stereocenters. The highest BCUT2D eigenvalue weighted by Crippen LogP contribution is 2.28.